The van der Waals surface area contributed by atoms with Crippen molar-refractivity contribution in [2.75, 3.05) is 25.0 Å². The lowest BCUT2D eigenvalue weighted by atomic mass is 10.1. The molecule has 3 rings (SSSR count). The zero-order chi connectivity index (χ0) is 14.8. The third kappa shape index (κ3) is 3.27. The van der Waals surface area contributed by atoms with Crippen LogP contribution in [0.5, 0.6) is 0 Å². The molecule has 0 saturated carbocycles. The van der Waals surface area contributed by atoms with Crippen LogP contribution >= 0.6 is 0 Å². The van der Waals surface area contributed by atoms with Crippen LogP contribution in [0.2, 0.25) is 0 Å². The van der Waals surface area contributed by atoms with Gasteiger partial charge in [0.05, 0.1) is 18.8 Å². The molecule has 1 fully saturated rings. The molecule has 21 heavy (non-hydrogen) atoms. The number of rotatable bonds is 3. The van der Waals surface area contributed by atoms with E-state index in [2.05, 4.69) is 29.3 Å². The van der Waals surface area contributed by atoms with Gasteiger partial charge in [-0.25, -0.2) is 0 Å². The zero-order valence-corrected chi connectivity index (χ0v) is 12.9. The molecule has 1 aliphatic heterocycles. The van der Waals surface area contributed by atoms with E-state index < -0.39 is 0 Å². The lowest BCUT2D eigenvalue weighted by Gasteiger charge is -2.34. The van der Waals surface area contributed by atoms with Crippen LogP contribution in [-0.2, 0) is 22.4 Å². The quantitative estimate of drug-likeness (QED) is 0.927. The van der Waals surface area contributed by atoms with Crippen molar-refractivity contribution in [1.82, 2.24) is 4.90 Å². The monoisotopic (exact) mass is 288 g/mol. The molecule has 0 aromatic heterocycles. The summed E-state index contributed by atoms with van der Waals surface area (Å²) in [6.07, 6.45) is 3.74. The molecule has 114 valence electrons. The van der Waals surface area contributed by atoms with Gasteiger partial charge in [-0.1, -0.05) is 6.07 Å². The van der Waals surface area contributed by atoms with Gasteiger partial charge in [-0.2, -0.15) is 0 Å². The van der Waals surface area contributed by atoms with E-state index in [-0.39, 0.29) is 18.1 Å². The highest BCUT2D eigenvalue weighted by Gasteiger charge is 2.26. The van der Waals surface area contributed by atoms with Crippen LogP contribution in [0.15, 0.2) is 18.2 Å². The molecule has 1 amide bonds. The Morgan fingerprint density at radius 3 is 3.00 bits per heavy atom. The number of fused-ring (bicyclic) bond motifs is 1. The summed E-state index contributed by atoms with van der Waals surface area (Å²) in [5.74, 6) is 0.0713. The van der Waals surface area contributed by atoms with E-state index in [1.807, 2.05) is 13.0 Å². The number of nitrogens with one attached hydrogen (secondary N) is 1. The summed E-state index contributed by atoms with van der Waals surface area (Å²) in [6, 6.07) is 6.19. The van der Waals surface area contributed by atoms with Gasteiger partial charge in [-0.3, -0.25) is 9.69 Å². The molecule has 2 aliphatic rings. The Balaban J connectivity index is 1.62. The average molecular weight is 288 g/mol. The minimum Gasteiger partial charge on any atom is -0.376 e. The maximum Gasteiger partial charge on any atom is 0.241 e. The number of amides is 1. The predicted molar refractivity (Wildman–Crippen MR) is 83.5 cm³/mol. The predicted octanol–water partition coefficient (Wildman–Crippen LogP) is 2.22. The van der Waals surface area contributed by atoms with Gasteiger partial charge < -0.3 is 10.1 Å². The van der Waals surface area contributed by atoms with E-state index in [0.717, 1.165) is 25.2 Å². The number of morpholine rings is 1. The molecular weight excluding hydrogens is 264 g/mol. The van der Waals surface area contributed by atoms with Crippen molar-refractivity contribution in [3.05, 3.63) is 29.3 Å². The molecule has 1 aromatic rings. The fourth-order valence-corrected chi connectivity index (χ4v) is 3.26. The lowest BCUT2D eigenvalue weighted by Crippen LogP contribution is -2.50. The highest BCUT2D eigenvalue weighted by atomic mass is 16.5. The summed E-state index contributed by atoms with van der Waals surface area (Å²) in [4.78, 5) is 14.6. The van der Waals surface area contributed by atoms with E-state index in [9.17, 15) is 4.79 Å². The molecule has 1 N–H and O–H groups in total. The summed E-state index contributed by atoms with van der Waals surface area (Å²) in [6.45, 7) is 6.37. The number of nitrogens with zero attached hydrogens (tertiary/aromatic N) is 1. The van der Waals surface area contributed by atoms with Gasteiger partial charge in [0.25, 0.3) is 0 Å². The van der Waals surface area contributed by atoms with Crippen molar-refractivity contribution in [1.29, 1.82) is 0 Å². The van der Waals surface area contributed by atoms with Crippen molar-refractivity contribution in [3.8, 4) is 0 Å². The number of ether oxygens (including phenoxy) is 1. The molecule has 0 radical (unpaired) electrons. The Morgan fingerprint density at radius 2 is 2.19 bits per heavy atom. The van der Waals surface area contributed by atoms with Crippen LogP contribution in [-0.4, -0.2) is 42.6 Å². The van der Waals surface area contributed by atoms with Gasteiger partial charge in [0.2, 0.25) is 5.91 Å². The fraction of sp³-hybridized carbons (Fsp3) is 0.588. The first-order valence-corrected chi connectivity index (χ1v) is 7.92. The molecule has 1 heterocycles. The second-order valence-electron chi connectivity index (χ2n) is 6.18. The average Bonchev–Trinajstić information content (AvgIpc) is 2.94. The Morgan fingerprint density at radius 1 is 1.38 bits per heavy atom. The van der Waals surface area contributed by atoms with E-state index in [1.165, 1.54) is 24.0 Å². The summed E-state index contributed by atoms with van der Waals surface area (Å²) in [5, 5.41) is 3.06. The fourth-order valence-electron chi connectivity index (χ4n) is 3.26. The maximum atomic E-state index is 12.4. The van der Waals surface area contributed by atoms with Crippen molar-refractivity contribution in [2.45, 2.75) is 45.3 Å². The molecule has 1 aliphatic carbocycles. The summed E-state index contributed by atoms with van der Waals surface area (Å²) >= 11 is 0. The first-order chi connectivity index (χ1) is 10.1. The van der Waals surface area contributed by atoms with Crippen LogP contribution < -0.4 is 5.32 Å². The smallest absolute Gasteiger partial charge is 0.241 e. The molecule has 0 bridgehead atoms. The Kier molecular flexibility index (Phi) is 4.27. The topological polar surface area (TPSA) is 41.6 Å². The van der Waals surface area contributed by atoms with Gasteiger partial charge in [0.1, 0.15) is 0 Å². The summed E-state index contributed by atoms with van der Waals surface area (Å²) < 4.78 is 5.53. The van der Waals surface area contributed by atoms with Crippen molar-refractivity contribution in [3.63, 3.8) is 0 Å². The molecule has 4 nitrogen and oxygen atoms in total. The van der Waals surface area contributed by atoms with Crippen molar-refractivity contribution < 1.29 is 9.53 Å². The van der Waals surface area contributed by atoms with Crippen LogP contribution in [0.3, 0.4) is 0 Å². The highest BCUT2D eigenvalue weighted by molar-refractivity contribution is 5.94. The molecule has 0 unspecified atom stereocenters. The molecule has 1 saturated heterocycles. The first-order valence-electron chi connectivity index (χ1n) is 7.92. The minimum atomic E-state index is -0.121. The number of anilines is 1. The summed E-state index contributed by atoms with van der Waals surface area (Å²) in [7, 11) is 0. The molecule has 0 spiro atoms. The number of aryl methyl sites for hydroxylation is 2. The van der Waals surface area contributed by atoms with Gasteiger partial charge in [-0.05, 0) is 56.4 Å². The van der Waals surface area contributed by atoms with Gasteiger partial charge in [-0.15, -0.1) is 0 Å². The largest absolute Gasteiger partial charge is 0.376 e. The standard InChI is InChI=1S/C17H24N2O2/c1-12-11-19(8-9-21-12)13(2)17(20)18-16-7-6-14-4-3-5-15(14)10-16/h6-7,10,12-13H,3-5,8-9,11H2,1-2H3,(H,18,20)/t12-,13+/m0/s1. The normalized spacial score (nSPS) is 23.6. The maximum absolute atomic E-state index is 12.4. The molecule has 4 heteroatoms. The molecule has 1 aromatic carbocycles. The SMILES string of the molecule is C[C@H](C(=O)Nc1ccc2c(c1)CCC2)N1CCO[C@@H](C)C1. The van der Waals surface area contributed by atoms with E-state index in [4.69, 9.17) is 4.74 Å². The van der Waals surface area contributed by atoms with Crippen LogP contribution in [0.25, 0.3) is 0 Å². The van der Waals surface area contributed by atoms with Crippen LogP contribution in [0, 0.1) is 0 Å². The number of carbonyl (C=O) groups is 1. The number of carbonyl (C=O) groups excluding carboxylic acids is 1. The first kappa shape index (κ1) is 14.5. The zero-order valence-electron chi connectivity index (χ0n) is 12.9. The molecule has 2 atom stereocenters. The Hall–Kier alpha value is -1.39. The van der Waals surface area contributed by atoms with E-state index in [0.29, 0.717) is 6.61 Å². The number of hydrogen-bond donors (Lipinski definition) is 1. The van der Waals surface area contributed by atoms with Crippen molar-refractivity contribution >= 4 is 11.6 Å². The van der Waals surface area contributed by atoms with E-state index >= 15 is 0 Å². The van der Waals surface area contributed by atoms with Gasteiger partial charge in [0, 0.05) is 18.8 Å². The van der Waals surface area contributed by atoms with Gasteiger partial charge in [0.15, 0.2) is 0 Å². The highest BCUT2D eigenvalue weighted by Crippen LogP contribution is 2.25. The van der Waals surface area contributed by atoms with Crippen LogP contribution in [0.4, 0.5) is 5.69 Å². The Labute approximate surface area is 126 Å². The Bertz CT molecular complexity index is 530. The second-order valence-corrected chi connectivity index (χ2v) is 6.18. The van der Waals surface area contributed by atoms with Gasteiger partial charge >= 0.3 is 0 Å². The minimum absolute atomic E-state index is 0.0713. The van der Waals surface area contributed by atoms with Crippen LogP contribution in [0.1, 0.15) is 31.4 Å². The third-order valence-electron chi connectivity index (χ3n) is 4.57. The number of benzene rings is 1. The summed E-state index contributed by atoms with van der Waals surface area (Å²) in [5.41, 5.74) is 3.75. The molecular formula is C17H24N2O2. The lowest BCUT2D eigenvalue weighted by molar-refractivity contribution is -0.123. The third-order valence-corrected chi connectivity index (χ3v) is 4.57. The second kappa shape index (κ2) is 6.16. The van der Waals surface area contributed by atoms with E-state index in [1.54, 1.807) is 0 Å². The van der Waals surface area contributed by atoms with Crippen molar-refractivity contribution in [2.24, 2.45) is 0 Å². The number of hydrogen-bond acceptors (Lipinski definition) is 3.